The number of hydrogen-bond acceptors (Lipinski definition) is 3. The van der Waals surface area contributed by atoms with Crippen molar-refractivity contribution in [2.75, 3.05) is 0 Å². The molecule has 0 saturated heterocycles. The summed E-state index contributed by atoms with van der Waals surface area (Å²) in [5.74, 6) is 0.452. The monoisotopic (exact) mass is 320 g/mol. The average molecular weight is 320 g/mol. The molecule has 0 amide bonds. The molecule has 1 heterocycles. The zero-order valence-electron chi connectivity index (χ0n) is 13.8. The molecular weight excluding hydrogens is 300 g/mol. The summed E-state index contributed by atoms with van der Waals surface area (Å²) in [6.45, 7) is 0. The van der Waals surface area contributed by atoms with Crippen molar-refractivity contribution >= 4 is 17.6 Å². The Bertz CT molecular complexity index is 864. The van der Waals surface area contributed by atoms with E-state index in [1.807, 2.05) is 7.05 Å². The predicted molar refractivity (Wildman–Crippen MR) is 92.2 cm³/mol. The fraction of sp³-hybridized carbons (Fsp3) is 0.350. The zero-order valence-corrected chi connectivity index (χ0v) is 13.8. The number of ketones is 2. The second-order valence-electron chi connectivity index (χ2n) is 6.65. The molecule has 0 bridgehead atoms. The van der Waals surface area contributed by atoms with Gasteiger partial charge in [-0.05, 0) is 31.8 Å². The molecule has 1 fully saturated rings. The minimum absolute atomic E-state index is 0.110. The fourth-order valence-corrected chi connectivity index (χ4v) is 3.71. The molecule has 4 rings (SSSR count). The average Bonchev–Trinajstić information content (AvgIpc) is 2.77. The van der Waals surface area contributed by atoms with E-state index in [-0.39, 0.29) is 11.6 Å². The molecule has 4 nitrogen and oxygen atoms in total. The molecule has 1 aromatic heterocycles. The zero-order chi connectivity index (χ0) is 16.7. The molecule has 2 aromatic rings. The first-order valence-corrected chi connectivity index (χ1v) is 8.61. The number of imidazole rings is 1. The molecule has 0 aliphatic heterocycles. The van der Waals surface area contributed by atoms with Crippen molar-refractivity contribution in [3.05, 3.63) is 58.2 Å². The lowest BCUT2D eigenvalue weighted by atomic mass is 9.90. The predicted octanol–water partition coefficient (Wildman–Crippen LogP) is 3.93. The van der Waals surface area contributed by atoms with Gasteiger partial charge in [0.15, 0.2) is 0 Å². The van der Waals surface area contributed by atoms with Gasteiger partial charge in [0.2, 0.25) is 11.6 Å². The molecular formula is C20H20N2O2. The van der Waals surface area contributed by atoms with Crippen LogP contribution in [0.25, 0.3) is 6.08 Å². The van der Waals surface area contributed by atoms with Crippen LogP contribution in [0.3, 0.4) is 0 Å². The van der Waals surface area contributed by atoms with Crippen molar-refractivity contribution in [1.29, 1.82) is 0 Å². The third kappa shape index (κ3) is 2.33. The quantitative estimate of drug-likeness (QED) is 0.638. The first-order valence-electron chi connectivity index (χ1n) is 8.61. The lowest BCUT2D eigenvalue weighted by Crippen LogP contribution is -2.22. The molecule has 0 N–H and O–H groups in total. The van der Waals surface area contributed by atoms with Crippen LogP contribution < -0.4 is 0 Å². The number of carbonyl (C=O) groups is 2. The lowest BCUT2D eigenvalue weighted by Gasteiger charge is -2.14. The number of hydrogen-bond donors (Lipinski definition) is 0. The van der Waals surface area contributed by atoms with Crippen LogP contribution in [0.15, 0.2) is 29.8 Å². The first kappa shape index (κ1) is 15.1. The fourth-order valence-electron chi connectivity index (χ4n) is 3.71. The lowest BCUT2D eigenvalue weighted by molar-refractivity contribution is 0.0971. The van der Waals surface area contributed by atoms with E-state index in [0.717, 1.165) is 12.8 Å². The summed E-state index contributed by atoms with van der Waals surface area (Å²) < 4.78 is 1.78. The van der Waals surface area contributed by atoms with Crippen LogP contribution >= 0.6 is 0 Å². The number of allylic oxidation sites excluding steroid dienone is 1. The van der Waals surface area contributed by atoms with E-state index in [0.29, 0.717) is 28.3 Å². The van der Waals surface area contributed by atoms with Gasteiger partial charge in [-0.25, -0.2) is 4.98 Å². The Kier molecular flexibility index (Phi) is 3.68. The SMILES string of the molecule is Cn1c(C=C2CCCCCC2)nc2c1C(=O)c1ccccc1C2=O. The Morgan fingerprint density at radius 3 is 2.25 bits per heavy atom. The summed E-state index contributed by atoms with van der Waals surface area (Å²) in [5.41, 5.74) is 3.02. The molecule has 0 spiro atoms. The second-order valence-corrected chi connectivity index (χ2v) is 6.65. The third-order valence-electron chi connectivity index (χ3n) is 5.06. The molecule has 2 aliphatic carbocycles. The van der Waals surface area contributed by atoms with Gasteiger partial charge in [0.05, 0.1) is 0 Å². The number of fused-ring (bicyclic) bond motifs is 2. The highest BCUT2D eigenvalue weighted by molar-refractivity contribution is 6.27. The highest BCUT2D eigenvalue weighted by Crippen LogP contribution is 2.29. The van der Waals surface area contributed by atoms with Gasteiger partial charge in [-0.2, -0.15) is 0 Å². The molecule has 4 heteroatoms. The molecule has 0 atom stereocenters. The van der Waals surface area contributed by atoms with Crippen molar-refractivity contribution in [2.45, 2.75) is 38.5 Å². The van der Waals surface area contributed by atoms with Crippen molar-refractivity contribution < 1.29 is 9.59 Å². The van der Waals surface area contributed by atoms with E-state index >= 15 is 0 Å². The first-order chi connectivity index (χ1) is 11.7. The summed E-state index contributed by atoms with van der Waals surface area (Å²) in [4.78, 5) is 30.0. The van der Waals surface area contributed by atoms with Gasteiger partial charge in [-0.3, -0.25) is 9.59 Å². The van der Waals surface area contributed by atoms with Crippen LogP contribution in [0, 0.1) is 0 Å². The third-order valence-corrected chi connectivity index (χ3v) is 5.06. The van der Waals surface area contributed by atoms with Gasteiger partial charge >= 0.3 is 0 Å². The van der Waals surface area contributed by atoms with Crippen LogP contribution in [-0.2, 0) is 7.05 Å². The van der Waals surface area contributed by atoms with Gasteiger partial charge in [0.25, 0.3) is 0 Å². The van der Waals surface area contributed by atoms with Crippen LogP contribution in [0.2, 0.25) is 0 Å². The number of aromatic nitrogens is 2. The minimum atomic E-state index is -0.152. The van der Waals surface area contributed by atoms with Gasteiger partial charge in [0.1, 0.15) is 17.2 Å². The van der Waals surface area contributed by atoms with Gasteiger partial charge in [-0.1, -0.05) is 42.7 Å². The number of carbonyl (C=O) groups excluding carboxylic acids is 2. The maximum Gasteiger partial charge on any atom is 0.214 e. The Morgan fingerprint density at radius 1 is 0.958 bits per heavy atom. The standard InChI is InChI=1S/C20H20N2O2/c1-22-16(12-13-8-4-2-3-5-9-13)21-17-18(22)20(24)15-11-7-6-10-14(15)19(17)23/h6-7,10-12H,2-5,8-9H2,1H3. The van der Waals surface area contributed by atoms with E-state index in [1.165, 1.54) is 31.3 Å². The molecule has 0 unspecified atom stereocenters. The van der Waals surface area contributed by atoms with Crippen molar-refractivity contribution in [1.82, 2.24) is 9.55 Å². The van der Waals surface area contributed by atoms with Crippen LogP contribution in [-0.4, -0.2) is 21.1 Å². The highest BCUT2D eigenvalue weighted by Gasteiger charge is 2.34. The van der Waals surface area contributed by atoms with Crippen molar-refractivity contribution in [3.63, 3.8) is 0 Å². The van der Waals surface area contributed by atoms with Crippen molar-refractivity contribution in [2.24, 2.45) is 7.05 Å². The smallest absolute Gasteiger partial charge is 0.214 e. The second kappa shape index (κ2) is 5.86. The van der Waals surface area contributed by atoms with Crippen LogP contribution in [0.5, 0.6) is 0 Å². The van der Waals surface area contributed by atoms with E-state index in [2.05, 4.69) is 11.1 Å². The minimum Gasteiger partial charge on any atom is -0.324 e. The largest absolute Gasteiger partial charge is 0.324 e. The van der Waals surface area contributed by atoms with Gasteiger partial charge in [0, 0.05) is 18.2 Å². The molecule has 122 valence electrons. The number of nitrogens with zero attached hydrogens (tertiary/aromatic N) is 2. The topological polar surface area (TPSA) is 52.0 Å². The van der Waals surface area contributed by atoms with E-state index in [4.69, 9.17) is 0 Å². The van der Waals surface area contributed by atoms with E-state index in [9.17, 15) is 9.59 Å². The molecule has 1 aromatic carbocycles. The van der Waals surface area contributed by atoms with E-state index < -0.39 is 0 Å². The summed E-state index contributed by atoms with van der Waals surface area (Å²) in [7, 11) is 1.83. The summed E-state index contributed by atoms with van der Waals surface area (Å²) >= 11 is 0. The molecule has 2 aliphatic rings. The van der Waals surface area contributed by atoms with Crippen LogP contribution in [0.4, 0.5) is 0 Å². The summed E-state index contributed by atoms with van der Waals surface area (Å²) in [6.07, 6.45) is 9.22. The van der Waals surface area contributed by atoms with Gasteiger partial charge < -0.3 is 4.57 Å². The maximum absolute atomic E-state index is 12.8. The van der Waals surface area contributed by atoms with E-state index in [1.54, 1.807) is 28.8 Å². The Labute approximate surface area is 141 Å². The number of benzene rings is 1. The molecule has 24 heavy (non-hydrogen) atoms. The molecule has 0 radical (unpaired) electrons. The molecule has 1 saturated carbocycles. The van der Waals surface area contributed by atoms with Crippen molar-refractivity contribution in [3.8, 4) is 0 Å². The Morgan fingerprint density at radius 2 is 1.58 bits per heavy atom. The Hall–Kier alpha value is -2.49. The summed E-state index contributed by atoms with van der Waals surface area (Å²) in [5, 5.41) is 0. The van der Waals surface area contributed by atoms with Gasteiger partial charge in [-0.15, -0.1) is 0 Å². The number of rotatable bonds is 1. The normalized spacial score (nSPS) is 17.3. The Balaban J connectivity index is 1.80. The highest BCUT2D eigenvalue weighted by atomic mass is 16.1. The summed E-state index contributed by atoms with van der Waals surface area (Å²) in [6, 6.07) is 7.00. The van der Waals surface area contributed by atoms with Crippen LogP contribution in [0.1, 0.15) is 76.5 Å². The maximum atomic E-state index is 12.8.